The number of aliphatic carboxylic acids is 1. The number of hydrogen-bond acceptors (Lipinski definition) is 3. The topological polar surface area (TPSA) is 82.5 Å². The molecule has 1 fully saturated rings. The average molecular weight is 277 g/mol. The Bertz CT molecular complexity index is 504. The van der Waals surface area contributed by atoms with Crippen LogP contribution in [-0.2, 0) is 4.79 Å². The van der Waals surface area contributed by atoms with Gasteiger partial charge in [-0.15, -0.1) is 0 Å². The average Bonchev–Trinajstić information content (AvgIpc) is 2.41. The maximum Gasteiger partial charge on any atom is 0.322 e. The summed E-state index contributed by atoms with van der Waals surface area (Å²) in [6, 6.07) is 1.35. The van der Waals surface area contributed by atoms with Crippen molar-refractivity contribution in [2.75, 3.05) is 11.9 Å². The highest BCUT2D eigenvalue weighted by atomic mass is 16.4. The second-order valence-electron chi connectivity index (χ2n) is 5.06. The Morgan fingerprint density at radius 2 is 2.30 bits per heavy atom. The van der Waals surface area contributed by atoms with E-state index in [4.69, 9.17) is 5.11 Å². The van der Waals surface area contributed by atoms with Crippen molar-refractivity contribution in [3.63, 3.8) is 0 Å². The van der Waals surface area contributed by atoms with Crippen LogP contribution in [0.15, 0.2) is 18.5 Å². The number of pyridine rings is 1. The molecule has 108 valence electrons. The lowest BCUT2D eigenvalue weighted by atomic mass is 10.00. The molecule has 6 nitrogen and oxygen atoms in total. The molecule has 0 saturated carbocycles. The first-order valence-electron chi connectivity index (χ1n) is 6.78. The number of carbonyl (C=O) groups is 2. The fourth-order valence-corrected chi connectivity index (χ4v) is 2.46. The van der Waals surface area contributed by atoms with Crippen LogP contribution >= 0.6 is 0 Å². The summed E-state index contributed by atoms with van der Waals surface area (Å²) >= 11 is 0. The van der Waals surface area contributed by atoms with E-state index >= 15 is 0 Å². The lowest BCUT2D eigenvalue weighted by Crippen LogP contribution is -2.46. The minimum absolute atomic E-state index is 0.000554. The standard InChI is InChI=1S/C14H19N3O3/c1-10-5-6-15-9-12(10)16-14(20)17-7-3-2-4-11(17)8-13(18)19/h5-6,9,11H,2-4,7-8H2,1H3,(H,16,20)(H,18,19). The van der Waals surface area contributed by atoms with Gasteiger partial charge in [-0.25, -0.2) is 4.79 Å². The van der Waals surface area contributed by atoms with Crippen molar-refractivity contribution >= 4 is 17.7 Å². The molecule has 20 heavy (non-hydrogen) atoms. The van der Waals surface area contributed by atoms with Crippen LogP contribution in [0.2, 0.25) is 0 Å². The minimum Gasteiger partial charge on any atom is -0.481 e. The van der Waals surface area contributed by atoms with Crippen LogP contribution < -0.4 is 5.32 Å². The number of aromatic nitrogens is 1. The third-order valence-corrected chi connectivity index (χ3v) is 3.58. The first-order valence-corrected chi connectivity index (χ1v) is 6.78. The van der Waals surface area contributed by atoms with E-state index in [0.29, 0.717) is 12.2 Å². The van der Waals surface area contributed by atoms with Crippen LogP contribution in [0, 0.1) is 6.92 Å². The second-order valence-corrected chi connectivity index (χ2v) is 5.06. The minimum atomic E-state index is -0.868. The molecule has 0 aromatic carbocycles. The SMILES string of the molecule is Cc1ccncc1NC(=O)N1CCCCC1CC(=O)O. The van der Waals surface area contributed by atoms with E-state index in [2.05, 4.69) is 10.3 Å². The predicted octanol–water partition coefficient (Wildman–Crippen LogP) is 2.25. The smallest absolute Gasteiger partial charge is 0.322 e. The quantitative estimate of drug-likeness (QED) is 0.887. The molecule has 1 aliphatic heterocycles. The van der Waals surface area contributed by atoms with Gasteiger partial charge in [0.05, 0.1) is 18.3 Å². The van der Waals surface area contributed by atoms with Crippen LogP contribution in [0.4, 0.5) is 10.5 Å². The number of amides is 2. The fourth-order valence-electron chi connectivity index (χ4n) is 2.46. The van der Waals surface area contributed by atoms with E-state index in [0.717, 1.165) is 24.8 Å². The Labute approximate surface area is 117 Å². The van der Waals surface area contributed by atoms with E-state index in [1.54, 1.807) is 17.3 Å². The van der Waals surface area contributed by atoms with Crippen molar-refractivity contribution in [2.24, 2.45) is 0 Å². The van der Waals surface area contributed by atoms with Gasteiger partial charge in [0, 0.05) is 18.8 Å². The Hall–Kier alpha value is -2.11. The van der Waals surface area contributed by atoms with Crippen molar-refractivity contribution in [1.29, 1.82) is 0 Å². The predicted molar refractivity (Wildman–Crippen MR) is 74.6 cm³/mol. The molecule has 0 spiro atoms. The maximum atomic E-state index is 12.3. The van der Waals surface area contributed by atoms with Crippen molar-refractivity contribution < 1.29 is 14.7 Å². The summed E-state index contributed by atoms with van der Waals surface area (Å²) in [5, 5.41) is 11.7. The number of likely N-dealkylation sites (tertiary alicyclic amines) is 1. The van der Waals surface area contributed by atoms with Crippen molar-refractivity contribution in [3.05, 3.63) is 24.0 Å². The number of aryl methyl sites for hydroxylation is 1. The Balaban J connectivity index is 2.06. The van der Waals surface area contributed by atoms with Crippen molar-refractivity contribution in [3.8, 4) is 0 Å². The van der Waals surface area contributed by atoms with Gasteiger partial charge in [-0.05, 0) is 37.8 Å². The third-order valence-electron chi connectivity index (χ3n) is 3.58. The molecule has 1 unspecified atom stereocenters. The zero-order chi connectivity index (χ0) is 14.5. The molecule has 2 amide bonds. The zero-order valence-electron chi connectivity index (χ0n) is 11.5. The van der Waals surface area contributed by atoms with E-state index < -0.39 is 5.97 Å². The van der Waals surface area contributed by atoms with Gasteiger partial charge >= 0.3 is 12.0 Å². The number of nitrogens with one attached hydrogen (secondary N) is 1. The maximum absolute atomic E-state index is 12.3. The molecule has 1 saturated heterocycles. The van der Waals surface area contributed by atoms with Gasteiger partial charge in [0.1, 0.15) is 0 Å². The summed E-state index contributed by atoms with van der Waals surface area (Å²) in [5.41, 5.74) is 1.59. The first kappa shape index (κ1) is 14.3. The highest BCUT2D eigenvalue weighted by Crippen LogP contribution is 2.21. The summed E-state index contributed by atoms with van der Waals surface area (Å²) in [7, 11) is 0. The van der Waals surface area contributed by atoms with Crippen molar-refractivity contribution in [1.82, 2.24) is 9.88 Å². The zero-order valence-corrected chi connectivity index (χ0v) is 11.5. The number of piperidine rings is 1. The molecule has 1 aromatic heterocycles. The molecular weight excluding hydrogens is 258 g/mol. The summed E-state index contributed by atoms with van der Waals surface area (Å²) in [5.74, 6) is -0.868. The highest BCUT2D eigenvalue weighted by Gasteiger charge is 2.28. The highest BCUT2D eigenvalue weighted by molar-refractivity contribution is 5.90. The number of urea groups is 1. The number of hydrogen-bond donors (Lipinski definition) is 2. The van der Waals surface area contributed by atoms with E-state index in [1.807, 2.05) is 13.0 Å². The fraction of sp³-hybridized carbons (Fsp3) is 0.500. The van der Waals surface area contributed by atoms with Gasteiger partial charge in [0.25, 0.3) is 0 Å². The normalized spacial score (nSPS) is 18.6. The van der Waals surface area contributed by atoms with Gasteiger partial charge in [-0.2, -0.15) is 0 Å². The molecule has 0 aliphatic carbocycles. The van der Waals surface area contributed by atoms with Crippen LogP contribution in [0.3, 0.4) is 0 Å². The van der Waals surface area contributed by atoms with E-state index in [1.165, 1.54) is 0 Å². The molecule has 0 bridgehead atoms. The summed E-state index contributed by atoms with van der Waals surface area (Å²) in [6.45, 7) is 2.49. The second kappa shape index (κ2) is 6.36. The molecule has 6 heteroatoms. The Morgan fingerprint density at radius 1 is 1.50 bits per heavy atom. The first-order chi connectivity index (χ1) is 9.58. The molecular formula is C14H19N3O3. The lowest BCUT2D eigenvalue weighted by molar-refractivity contribution is -0.138. The van der Waals surface area contributed by atoms with Gasteiger partial charge in [-0.3, -0.25) is 9.78 Å². The summed E-state index contributed by atoms with van der Waals surface area (Å²) in [6.07, 6.45) is 5.89. The van der Waals surface area contributed by atoms with E-state index in [-0.39, 0.29) is 18.5 Å². The number of carboxylic acid groups (broad SMARTS) is 1. The van der Waals surface area contributed by atoms with E-state index in [9.17, 15) is 9.59 Å². The van der Waals surface area contributed by atoms with Gasteiger partial charge in [0.2, 0.25) is 0 Å². The molecule has 2 N–H and O–H groups in total. The van der Waals surface area contributed by atoms with Crippen LogP contribution in [0.5, 0.6) is 0 Å². The van der Waals surface area contributed by atoms with Gasteiger partial charge in [0.15, 0.2) is 0 Å². The molecule has 2 rings (SSSR count). The van der Waals surface area contributed by atoms with Gasteiger partial charge < -0.3 is 15.3 Å². The summed E-state index contributed by atoms with van der Waals surface area (Å²) in [4.78, 5) is 28.8. The third kappa shape index (κ3) is 3.46. The largest absolute Gasteiger partial charge is 0.481 e. The molecule has 1 aromatic rings. The number of nitrogens with zero attached hydrogens (tertiary/aromatic N) is 2. The van der Waals surface area contributed by atoms with Gasteiger partial charge in [-0.1, -0.05) is 0 Å². The molecule has 1 atom stereocenters. The van der Waals surface area contributed by atoms with Crippen molar-refractivity contribution in [2.45, 2.75) is 38.6 Å². The van der Waals surface area contributed by atoms with Crippen LogP contribution in [0.1, 0.15) is 31.2 Å². The molecule has 2 heterocycles. The molecule has 1 aliphatic rings. The number of carbonyl (C=O) groups excluding carboxylic acids is 1. The summed E-state index contributed by atoms with van der Waals surface area (Å²) < 4.78 is 0. The van der Waals surface area contributed by atoms with Crippen LogP contribution in [0.25, 0.3) is 0 Å². The number of carboxylic acids is 1. The number of rotatable bonds is 3. The monoisotopic (exact) mass is 277 g/mol. The lowest BCUT2D eigenvalue weighted by Gasteiger charge is -2.35. The molecule has 0 radical (unpaired) electrons. The Kier molecular flexibility index (Phi) is 4.55. The Morgan fingerprint density at radius 3 is 3.00 bits per heavy atom. The van der Waals surface area contributed by atoms with Crippen LogP contribution in [-0.4, -0.2) is 39.6 Å². The number of anilines is 1.